The Hall–Kier alpha value is -4.68. The van der Waals surface area contributed by atoms with Gasteiger partial charge in [0.05, 0.1) is 27.4 Å². The summed E-state index contributed by atoms with van der Waals surface area (Å²) in [6, 6.07) is 4.19. The van der Waals surface area contributed by atoms with Gasteiger partial charge in [-0.15, -0.1) is 0 Å². The van der Waals surface area contributed by atoms with E-state index >= 15 is 8.78 Å². The zero-order valence-corrected chi connectivity index (χ0v) is 28.8. The van der Waals surface area contributed by atoms with Crippen LogP contribution in [0.4, 0.5) is 19.0 Å². The second kappa shape index (κ2) is 12.0. The molecule has 2 aliphatic heterocycles. The van der Waals surface area contributed by atoms with E-state index in [-0.39, 0.29) is 71.0 Å². The molecule has 0 N–H and O–H groups in total. The lowest BCUT2D eigenvalue weighted by Gasteiger charge is -2.45. The third-order valence-electron chi connectivity index (χ3n) is 9.68. The molecule has 6 rings (SSSR count). The Balaban J connectivity index is 1.76. The summed E-state index contributed by atoms with van der Waals surface area (Å²) in [5, 5.41) is -2.28. The number of aromatic nitrogens is 4. The van der Waals surface area contributed by atoms with E-state index in [1.54, 1.807) is 48.5 Å². The van der Waals surface area contributed by atoms with Crippen molar-refractivity contribution in [3.05, 3.63) is 76.7 Å². The van der Waals surface area contributed by atoms with E-state index in [1.807, 2.05) is 32.6 Å². The Morgan fingerprint density at radius 2 is 1.67 bits per heavy atom. The van der Waals surface area contributed by atoms with Gasteiger partial charge in [0.1, 0.15) is 60.1 Å². The van der Waals surface area contributed by atoms with Gasteiger partial charge in [-0.05, 0) is 44.0 Å². The molecule has 0 radical (unpaired) electrons. The summed E-state index contributed by atoms with van der Waals surface area (Å²) in [6.07, 6.45) is 2.81. The van der Waals surface area contributed by atoms with Crippen LogP contribution in [0.15, 0.2) is 47.9 Å². The molecule has 3 aromatic heterocycles. The Labute approximate surface area is 285 Å². The molecular formula is C32H35B4F3N6O4. The van der Waals surface area contributed by atoms with Crippen molar-refractivity contribution in [2.45, 2.75) is 56.5 Å². The second-order valence-electron chi connectivity index (χ2n) is 13.9. The van der Waals surface area contributed by atoms with Gasteiger partial charge in [0.25, 0.3) is 0 Å². The number of pyridine rings is 2. The van der Waals surface area contributed by atoms with E-state index in [1.165, 1.54) is 16.7 Å². The second-order valence-corrected chi connectivity index (χ2v) is 13.9. The fourth-order valence-corrected chi connectivity index (χ4v) is 6.36. The predicted molar refractivity (Wildman–Crippen MR) is 191 cm³/mol. The van der Waals surface area contributed by atoms with Crippen molar-refractivity contribution < 1.29 is 27.4 Å². The molecule has 1 aromatic carbocycles. The van der Waals surface area contributed by atoms with E-state index in [4.69, 9.17) is 9.47 Å². The van der Waals surface area contributed by atoms with Gasteiger partial charge < -0.3 is 19.3 Å². The number of benzene rings is 1. The van der Waals surface area contributed by atoms with E-state index in [9.17, 15) is 14.0 Å². The van der Waals surface area contributed by atoms with Crippen molar-refractivity contribution in [3.8, 4) is 28.4 Å². The van der Waals surface area contributed by atoms with Gasteiger partial charge in [-0.3, -0.25) is 9.78 Å². The number of hydrogen-bond acceptors (Lipinski definition) is 8. The fourth-order valence-electron chi connectivity index (χ4n) is 6.36. The zero-order valence-electron chi connectivity index (χ0n) is 28.8. The molecule has 250 valence electrons. The number of rotatable bonds is 3. The number of carbonyl (C=O) groups is 1. The van der Waals surface area contributed by atoms with Crippen LogP contribution in [0, 0.1) is 17.5 Å². The van der Waals surface area contributed by atoms with Crippen LogP contribution in [0.25, 0.3) is 28.0 Å². The molecule has 2 aliphatic rings. The summed E-state index contributed by atoms with van der Waals surface area (Å²) in [4.78, 5) is 44.2. The molecule has 2 atom stereocenters. The lowest BCUT2D eigenvalue weighted by Crippen LogP contribution is -2.64. The van der Waals surface area contributed by atoms with Crippen LogP contribution >= 0.6 is 0 Å². The van der Waals surface area contributed by atoms with Crippen molar-refractivity contribution in [3.63, 3.8) is 0 Å². The van der Waals surface area contributed by atoms with Gasteiger partial charge in [-0.25, -0.2) is 27.5 Å². The Bertz CT molecular complexity index is 2100. The number of amides is 1. The van der Waals surface area contributed by atoms with Crippen LogP contribution in [-0.4, -0.2) is 97.7 Å². The first-order valence-corrected chi connectivity index (χ1v) is 16.2. The first-order chi connectivity index (χ1) is 23.0. The number of carbonyl (C=O) groups excluding carboxylic acids is 1. The summed E-state index contributed by atoms with van der Waals surface area (Å²) < 4.78 is 61.5. The molecule has 0 spiro atoms. The van der Waals surface area contributed by atoms with E-state index in [0.717, 1.165) is 12.1 Å². The van der Waals surface area contributed by atoms with E-state index in [2.05, 4.69) is 21.5 Å². The lowest BCUT2D eigenvalue weighted by molar-refractivity contribution is -0.128. The molecule has 10 nitrogen and oxygen atoms in total. The maximum Gasteiger partial charge on any atom is 0.356 e. The maximum atomic E-state index is 16.5. The molecule has 0 aliphatic carbocycles. The molecular weight excluding hydrogens is 633 g/mol. The number of anilines is 1. The van der Waals surface area contributed by atoms with E-state index in [0.29, 0.717) is 5.69 Å². The highest BCUT2D eigenvalue weighted by atomic mass is 19.2. The van der Waals surface area contributed by atoms with Gasteiger partial charge in [0.15, 0.2) is 23.1 Å². The lowest BCUT2D eigenvalue weighted by atomic mass is 9.42. The summed E-state index contributed by atoms with van der Waals surface area (Å²) in [6.45, 7) is 11.6. The largest absolute Gasteiger partial charge is 0.502 e. The zero-order chi connectivity index (χ0) is 35.7. The minimum Gasteiger partial charge on any atom is -0.502 e. The van der Waals surface area contributed by atoms with Gasteiger partial charge in [-0.1, -0.05) is 20.4 Å². The highest BCUT2D eigenvalue weighted by molar-refractivity contribution is 6.53. The molecule has 5 heterocycles. The minimum atomic E-state index is -1.37. The molecule has 49 heavy (non-hydrogen) atoms. The SMILES string of the molecule is BC1(B)Oc2ccc(F)c(F)c2-c2nc3c(cc2F)c(N2C[C@@H](C)N(C(=O)C=C)C[C@@H]2C)nc(=O)n3-c2c(ccnc2C(C)C)OC1(B)B. The summed E-state index contributed by atoms with van der Waals surface area (Å²) in [7, 11) is 6.93. The van der Waals surface area contributed by atoms with Gasteiger partial charge >= 0.3 is 5.69 Å². The summed E-state index contributed by atoms with van der Waals surface area (Å²) in [5.41, 5.74) is -1.27. The third kappa shape index (κ3) is 5.56. The van der Waals surface area contributed by atoms with Crippen molar-refractivity contribution in [1.82, 2.24) is 24.4 Å². The standard InChI is InChI=1S/C32H35B4F3N6O4/c1-6-22(46)43-12-16(5)44(13-15(43)4)28-17-11-19(38)26-23-20(8-7-18(37)24(23)39)48-31(33,34)32(35,36)49-21-9-10-40-25(14(2)3)27(21)45(29(17)41-26)30(47)42-28/h6-11,14-16H,1,12-13,33-36H2,2-5H3/t15-,16+/m1/s1. The average molecular weight is 668 g/mol. The number of hydrogen-bond donors (Lipinski definition) is 0. The molecule has 0 unspecified atom stereocenters. The Kier molecular flexibility index (Phi) is 8.39. The topological polar surface area (TPSA) is 103 Å². The molecule has 1 amide bonds. The quantitative estimate of drug-likeness (QED) is 0.232. The summed E-state index contributed by atoms with van der Waals surface area (Å²) >= 11 is 0. The molecule has 17 heteroatoms. The van der Waals surface area contributed by atoms with Gasteiger partial charge in [-0.2, -0.15) is 4.98 Å². The molecule has 1 saturated heterocycles. The normalized spacial score (nSPS) is 19.7. The fraction of sp³-hybridized carbons (Fsp3) is 0.344. The van der Waals surface area contributed by atoms with Crippen molar-refractivity contribution in [2.24, 2.45) is 0 Å². The van der Waals surface area contributed by atoms with Crippen molar-refractivity contribution in [1.29, 1.82) is 0 Å². The molecule has 0 saturated carbocycles. The summed E-state index contributed by atoms with van der Waals surface area (Å²) in [5.74, 6) is -3.84. The van der Waals surface area contributed by atoms with Crippen LogP contribution in [0.5, 0.6) is 11.5 Å². The highest BCUT2D eigenvalue weighted by Crippen LogP contribution is 2.42. The first kappa shape index (κ1) is 34.2. The van der Waals surface area contributed by atoms with Crippen LogP contribution in [0.1, 0.15) is 39.3 Å². The van der Waals surface area contributed by atoms with Crippen LogP contribution in [0.2, 0.25) is 0 Å². The predicted octanol–water partition coefficient (Wildman–Crippen LogP) is 0.606. The van der Waals surface area contributed by atoms with Crippen LogP contribution in [0.3, 0.4) is 0 Å². The van der Waals surface area contributed by atoms with Gasteiger partial charge in [0.2, 0.25) is 5.91 Å². The van der Waals surface area contributed by atoms with Crippen LogP contribution < -0.4 is 20.1 Å². The molecule has 1 fully saturated rings. The monoisotopic (exact) mass is 668 g/mol. The number of piperazine rings is 1. The first-order valence-electron chi connectivity index (χ1n) is 16.2. The number of halogens is 3. The molecule has 2 bridgehead atoms. The molecule has 4 aromatic rings. The maximum absolute atomic E-state index is 16.5. The highest BCUT2D eigenvalue weighted by Gasteiger charge is 2.43. The number of ether oxygens (including phenoxy) is 2. The number of fused-ring (bicyclic) bond motifs is 5. The Morgan fingerprint density at radius 3 is 2.33 bits per heavy atom. The average Bonchev–Trinajstić information content (AvgIpc) is 3.03. The number of nitrogens with zero attached hydrogens (tertiary/aromatic N) is 6. The van der Waals surface area contributed by atoms with Crippen molar-refractivity contribution in [2.75, 3.05) is 18.0 Å². The smallest absolute Gasteiger partial charge is 0.356 e. The minimum absolute atomic E-state index is 0.0807. The Morgan fingerprint density at radius 1 is 1.00 bits per heavy atom. The van der Waals surface area contributed by atoms with E-state index < -0.39 is 45.2 Å². The van der Waals surface area contributed by atoms with Gasteiger partial charge in [0, 0.05) is 37.4 Å². The van der Waals surface area contributed by atoms with Crippen LogP contribution in [-0.2, 0) is 4.79 Å². The third-order valence-corrected chi connectivity index (χ3v) is 9.68. The van der Waals surface area contributed by atoms with Crippen molar-refractivity contribution >= 4 is 54.1 Å².